The minimum Gasteiger partial charge on any atom is -0.366 e. The van der Waals surface area contributed by atoms with E-state index in [1.54, 1.807) is 0 Å². The molecule has 0 amide bonds. The van der Waals surface area contributed by atoms with Crippen molar-refractivity contribution < 1.29 is 22.0 Å². The van der Waals surface area contributed by atoms with Crippen molar-refractivity contribution in [2.24, 2.45) is 5.10 Å². The van der Waals surface area contributed by atoms with Gasteiger partial charge in [-0.25, -0.2) is 13.5 Å². The van der Waals surface area contributed by atoms with Crippen molar-refractivity contribution in [1.29, 1.82) is 0 Å². The number of benzene rings is 3. The van der Waals surface area contributed by atoms with Gasteiger partial charge in [-0.3, -0.25) is 0 Å². The van der Waals surface area contributed by atoms with E-state index in [1.807, 2.05) is 0 Å². The van der Waals surface area contributed by atoms with Crippen LogP contribution in [0.4, 0.5) is 27.6 Å². The summed E-state index contributed by atoms with van der Waals surface area (Å²) >= 11 is 11.4. The van der Waals surface area contributed by atoms with Gasteiger partial charge in [-0.05, 0) is 60.2 Å². The molecule has 0 atom stereocenters. The number of hydrogen-bond acceptors (Lipinski definition) is 4. The number of aromatic nitrogens is 3. The lowest BCUT2D eigenvalue weighted by molar-refractivity contribution is -0.137. The fourth-order valence-corrected chi connectivity index (χ4v) is 3.56. The minimum atomic E-state index is -4.56. The summed E-state index contributed by atoms with van der Waals surface area (Å²) < 4.78 is 69.4. The molecule has 0 unspecified atom stereocenters. The Bertz CT molecular complexity index is 1440. The molecule has 0 saturated carbocycles. The van der Waals surface area contributed by atoms with E-state index in [0.29, 0.717) is 11.1 Å². The van der Waals surface area contributed by atoms with Crippen molar-refractivity contribution in [2.75, 3.05) is 5.32 Å². The Kier molecular flexibility index (Phi) is 6.99. The van der Waals surface area contributed by atoms with Crippen LogP contribution in [0.25, 0.3) is 11.4 Å². The highest BCUT2D eigenvalue weighted by molar-refractivity contribution is 7.71. The lowest BCUT2D eigenvalue weighted by Gasteiger charge is -2.14. The number of halogens is 6. The smallest absolute Gasteiger partial charge is 0.366 e. The normalized spacial score (nSPS) is 11.8. The first-order chi connectivity index (χ1) is 16.6. The number of rotatable bonds is 6. The summed E-state index contributed by atoms with van der Waals surface area (Å²) in [5.41, 5.74) is -0.0713. The molecular formula is C23H15ClF5N5S. The van der Waals surface area contributed by atoms with Crippen molar-refractivity contribution in [3.05, 3.63) is 99.3 Å². The molecule has 12 heteroatoms. The summed E-state index contributed by atoms with van der Waals surface area (Å²) in [5, 5.41) is 11.2. The molecule has 0 radical (unpaired) electrons. The third kappa shape index (κ3) is 5.57. The highest BCUT2D eigenvalue weighted by Crippen LogP contribution is 2.34. The Balaban J connectivity index is 1.73. The second-order valence-corrected chi connectivity index (χ2v) is 7.99. The second-order valence-electron chi connectivity index (χ2n) is 7.22. The highest BCUT2D eigenvalue weighted by Gasteiger charge is 2.33. The van der Waals surface area contributed by atoms with Crippen molar-refractivity contribution in [2.45, 2.75) is 12.8 Å². The van der Waals surface area contributed by atoms with Crippen LogP contribution >= 0.6 is 23.8 Å². The Hall–Kier alpha value is -3.57. The summed E-state index contributed by atoms with van der Waals surface area (Å²) in [7, 11) is 0. The molecule has 0 aliphatic rings. The SMILES string of the molecule is Fc1ccc(/C=N/n2c(-c3ccc(F)c(Cl)c3)nn(CNc3ccccc3C(F)(F)F)c2=S)cc1. The molecular weight excluding hydrogens is 509 g/mol. The summed E-state index contributed by atoms with van der Waals surface area (Å²) in [6, 6.07) is 14.4. The van der Waals surface area contributed by atoms with Gasteiger partial charge in [-0.15, -0.1) is 5.10 Å². The number of nitrogens with one attached hydrogen (secondary N) is 1. The molecule has 1 heterocycles. The average Bonchev–Trinajstić information content (AvgIpc) is 3.14. The van der Waals surface area contributed by atoms with Gasteiger partial charge in [0.1, 0.15) is 18.3 Å². The van der Waals surface area contributed by atoms with Crippen LogP contribution < -0.4 is 5.32 Å². The summed E-state index contributed by atoms with van der Waals surface area (Å²) in [6.45, 7) is -0.215. The number of para-hydroxylation sites is 1. The van der Waals surface area contributed by atoms with E-state index in [2.05, 4.69) is 15.5 Å². The fraction of sp³-hybridized carbons (Fsp3) is 0.0870. The van der Waals surface area contributed by atoms with Gasteiger partial charge in [0, 0.05) is 11.3 Å². The van der Waals surface area contributed by atoms with E-state index in [-0.39, 0.29) is 28.0 Å². The van der Waals surface area contributed by atoms with Crippen molar-refractivity contribution in [1.82, 2.24) is 14.5 Å². The monoisotopic (exact) mass is 523 g/mol. The molecule has 4 rings (SSSR count). The van der Waals surface area contributed by atoms with E-state index in [0.717, 1.165) is 12.1 Å². The van der Waals surface area contributed by atoms with Crippen molar-refractivity contribution in [3.63, 3.8) is 0 Å². The predicted octanol–water partition coefficient (Wildman–Crippen LogP) is 6.98. The van der Waals surface area contributed by atoms with E-state index < -0.39 is 23.4 Å². The van der Waals surface area contributed by atoms with Crippen LogP contribution in [-0.2, 0) is 12.8 Å². The van der Waals surface area contributed by atoms with Gasteiger partial charge in [-0.2, -0.15) is 22.9 Å². The molecule has 0 saturated heterocycles. The first-order valence-corrected chi connectivity index (χ1v) is 10.8. The maximum atomic E-state index is 13.7. The van der Waals surface area contributed by atoms with Crippen LogP contribution in [0, 0.1) is 16.4 Å². The van der Waals surface area contributed by atoms with Gasteiger partial charge in [0.2, 0.25) is 4.77 Å². The van der Waals surface area contributed by atoms with E-state index in [4.69, 9.17) is 23.8 Å². The molecule has 0 aliphatic heterocycles. The topological polar surface area (TPSA) is 47.1 Å². The van der Waals surface area contributed by atoms with Crippen LogP contribution in [-0.4, -0.2) is 20.7 Å². The fourth-order valence-electron chi connectivity index (χ4n) is 3.14. The Morgan fingerprint density at radius 1 is 1.03 bits per heavy atom. The summed E-state index contributed by atoms with van der Waals surface area (Å²) in [6.07, 6.45) is -3.15. The van der Waals surface area contributed by atoms with Crippen LogP contribution in [0.15, 0.2) is 71.8 Å². The maximum Gasteiger partial charge on any atom is 0.418 e. The summed E-state index contributed by atoms with van der Waals surface area (Å²) in [4.78, 5) is 0. The van der Waals surface area contributed by atoms with Gasteiger partial charge in [0.05, 0.1) is 16.8 Å². The van der Waals surface area contributed by atoms with E-state index in [9.17, 15) is 22.0 Å². The number of anilines is 1. The minimum absolute atomic E-state index is 0.0378. The zero-order chi connectivity index (χ0) is 25.2. The Labute approximate surface area is 206 Å². The van der Waals surface area contributed by atoms with Crippen LogP contribution in [0.1, 0.15) is 11.1 Å². The Morgan fingerprint density at radius 3 is 2.43 bits per heavy atom. The largest absolute Gasteiger partial charge is 0.418 e. The molecule has 0 aliphatic carbocycles. The molecule has 3 aromatic carbocycles. The molecule has 1 aromatic heterocycles. The standard InChI is InChI=1S/C23H15ClF5N5S/c24-18-11-15(7-10-19(18)26)21-32-33(13-30-20-4-2-1-3-17(20)23(27,28)29)22(35)34(21)31-12-14-5-8-16(25)9-6-14/h1-12,30H,13H2/b31-12+. The molecule has 5 nitrogen and oxygen atoms in total. The van der Waals surface area contributed by atoms with E-state index in [1.165, 1.54) is 70.2 Å². The number of alkyl halides is 3. The molecule has 180 valence electrons. The predicted molar refractivity (Wildman–Crippen MR) is 126 cm³/mol. The first kappa shape index (κ1) is 24.6. The maximum absolute atomic E-state index is 13.7. The zero-order valence-electron chi connectivity index (χ0n) is 17.6. The first-order valence-electron chi connectivity index (χ1n) is 9.99. The Morgan fingerprint density at radius 2 is 1.74 bits per heavy atom. The zero-order valence-corrected chi connectivity index (χ0v) is 19.2. The molecule has 0 bridgehead atoms. The highest BCUT2D eigenvalue weighted by atomic mass is 35.5. The quantitative estimate of drug-likeness (QED) is 0.168. The van der Waals surface area contributed by atoms with Gasteiger partial charge >= 0.3 is 6.18 Å². The lowest BCUT2D eigenvalue weighted by Crippen LogP contribution is -2.14. The van der Waals surface area contributed by atoms with Gasteiger partial charge in [-0.1, -0.05) is 35.9 Å². The number of nitrogens with zero attached hydrogens (tertiary/aromatic N) is 4. The number of hydrogen-bond donors (Lipinski definition) is 1. The lowest BCUT2D eigenvalue weighted by atomic mass is 10.2. The third-order valence-electron chi connectivity index (χ3n) is 4.84. The van der Waals surface area contributed by atoms with E-state index >= 15 is 0 Å². The summed E-state index contributed by atoms with van der Waals surface area (Å²) in [5.74, 6) is -0.889. The molecule has 4 aromatic rings. The third-order valence-corrected chi connectivity index (χ3v) is 5.51. The average molecular weight is 524 g/mol. The van der Waals surface area contributed by atoms with Crippen molar-refractivity contribution >= 4 is 35.7 Å². The van der Waals surface area contributed by atoms with Crippen LogP contribution in [0.3, 0.4) is 0 Å². The molecule has 0 spiro atoms. The second kappa shape index (κ2) is 9.96. The van der Waals surface area contributed by atoms with Gasteiger partial charge in [0.15, 0.2) is 5.82 Å². The molecule has 1 N–H and O–H groups in total. The van der Waals surface area contributed by atoms with Crippen LogP contribution in [0.5, 0.6) is 0 Å². The molecule has 0 fully saturated rings. The van der Waals surface area contributed by atoms with Crippen LogP contribution in [0.2, 0.25) is 5.02 Å². The van der Waals surface area contributed by atoms with Gasteiger partial charge < -0.3 is 5.32 Å². The van der Waals surface area contributed by atoms with Crippen molar-refractivity contribution in [3.8, 4) is 11.4 Å². The van der Waals surface area contributed by atoms with Gasteiger partial charge in [0.25, 0.3) is 0 Å². The molecule has 35 heavy (non-hydrogen) atoms.